The van der Waals surface area contributed by atoms with Gasteiger partial charge in [-0.05, 0) is 59.9 Å². The Bertz CT molecular complexity index is 1010. The lowest BCUT2D eigenvalue weighted by molar-refractivity contribution is -0.136. The number of ether oxygens (including phenoxy) is 2. The molecule has 0 atom stereocenters. The van der Waals surface area contributed by atoms with E-state index in [1.165, 1.54) is 5.56 Å². The van der Waals surface area contributed by atoms with Crippen molar-refractivity contribution in [1.29, 1.82) is 0 Å². The van der Waals surface area contributed by atoms with Crippen LogP contribution in [-0.2, 0) is 22.4 Å². The van der Waals surface area contributed by atoms with Crippen molar-refractivity contribution in [2.24, 2.45) is 0 Å². The molecule has 0 fully saturated rings. The Hall–Kier alpha value is -3.60. The van der Waals surface area contributed by atoms with Crippen LogP contribution in [-0.4, -0.2) is 18.5 Å². The van der Waals surface area contributed by atoms with Gasteiger partial charge in [0.05, 0.1) is 0 Å². The Morgan fingerprint density at radius 1 is 0.862 bits per heavy atom. The Labute approximate surface area is 169 Å². The zero-order valence-electron chi connectivity index (χ0n) is 15.9. The van der Waals surface area contributed by atoms with E-state index < -0.39 is 5.97 Å². The molecule has 3 aromatic carbocycles. The lowest BCUT2D eigenvalue weighted by Crippen LogP contribution is -2.20. The van der Waals surface area contributed by atoms with Gasteiger partial charge in [0.25, 0.3) is 0 Å². The number of amides is 1. The fraction of sp³-hybridized carbons (Fsp3) is 0.167. The monoisotopic (exact) mass is 387 g/mol. The molecule has 0 aliphatic carbocycles. The van der Waals surface area contributed by atoms with E-state index >= 15 is 0 Å². The number of hydrogen-bond donors (Lipinski definition) is 1. The SMILES string of the molecule is O=C1CCc2cc(OCC(=O)Oc3ccc(Cc4ccccc4)cc3)ccc2N1. The summed E-state index contributed by atoms with van der Waals surface area (Å²) >= 11 is 0. The summed E-state index contributed by atoms with van der Waals surface area (Å²) in [6, 6.07) is 23.1. The summed E-state index contributed by atoms with van der Waals surface area (Å²) in [6.45, 7) is -0.184. The standard InChI is InChI=1S/C24H21NO4/c26-23-13-8-19-15-21(11-12-22(19)25-23)28-16-24(27)29-20-9-6-18(7-10-20)14-17-4-2-1-3-5-17/h1-7,9-12,15H,8,13-14,16H2,(H,25,26). The van der Waals surface area contributed by atoms with E-state index in [9.17, 15) is 9.59 Å². The van der Waals surface area contributed by atoms with Gasteiger partial charge in [0.15, 0.2) is 6.61 Å². The highest BCUT2D eigenvalue weighted by Crippen LogP contribution is 2.26. The van der Waals surface area contributed by atoms with Gasteiger partial charge >= 0.3 is 5.97 Å². The summed E-state index contributed by atoms with van der Waals surface area (Å²) in [4.78, 5) is 23.5. The van der Waals surface area contributed by atoms with Crippen LogP contribution in [0.3, 0.4) is 0 Å². The fourth-order valence-corrected chi connectivity index (χ4v) is 3.26. The number of anilines is 1. The lowest BCUT2D eigenvalue weighted by Gasteiger charge is -2.17. The number of nitrogens with one attached hydrogen (secondary N) is 1. The highest BCUT2D eigenvalue weighted by atomic mass is 16.6. The third-order valence-electron chi connectivity index (χ3n) is 4.73. The number of esters is 1. The Morgan fingerprint density at radius 2 is 1.59 bits per heavy atom. The molecular weight excluding hydrogens is 366 g/mol. The molecule has 3 aromatic rings. The van der Waals surface area contributed by atoms with E-state index in [1.807, 2.05) is 36.4 Å². The molecule has 4 rings (SSSR count). The van der Waals surface area contributed by atoms with Gasteiger partial charge in [-0.1, -0.05) is 42.5 Å². The van der Waals surface area contributed by atoms with Crippen molar-refractivity contribution in [3.8, 4) is 11.5 Å². The average Bonchev–Trinajstić information content (AvgIpc) is 2.74. The van der Waals surface area contributed by atoms with Gasteiger partial charge in [-0.2, -0.15) is 0 Å². The number of rotatable bonds is 6. The second kappa shape index (κ2) is 8.61. The van der Waals surface area contributed by atoms with E-state index in [2.05, 4.69) is 17.4 Å². The molecule has 0 bridgehead atoms. The van der Waals surface area contributed by atoms with Crippen molar-refractivity contribution in [2.75, 3.05) is 11.9 Å². The van der Waals surface area contributed by atoms with Gasteiger partial charge < -0.3 is 14.8 Å². The van der Waals surface area contributed by atoms with Crippen LogP contribution in [0.4, 0.5) is 5.69 Å². The van der Waals surface area contributed by atoms with Crippen LogP contribution < -0.4 is 14.8 Å². The first-order valence-corrected chi connectivity index (χ1v) is 9.55. The highest BCUT2D eigenvalue weighted by Gasteiger charge is 2.15. The van der Waals surface area contributed by atoms with Gasteiger partial charge in [0, 0.05) is 12.1 Å². The van der Waals surface area contributed by atoms with Crippen molar-refractivity contribution >= 4 is 17.6 Å². The van der Waals surface area contributed by atoms with E-state index in [4.69, 9.17) is 9.47 Å². The Kier molecular flexibility index (Phi) is 5.56. The molecule has 1 heterocycles. The van der Waals surface area contributed by atoms with Gasteiger partial charge in [-0.15, -0.1) is 0 Å². The van der Waals surface area contributed by atoms with Crippen molar-refractivity contribution in [3.05, 3.63) is 89.5 Å². The van der Waals surface area contributed by atoms with Crippen LogP contribution in [0.15, 0.2) is 72.8 Å². The zero-order valence-corrected chi connectivity index (χ0v) is 15.9. The Morgan fingerprint density at radius 3 is 2.38 bits per heavy atom. The van der Waals surface area contributed by atoms with Crippen LogP contribution in [0.5, 0.6) is 11.5 Å². The topological polar surface area (TPSA) is 64.6 Å². The van der Waals surface area contributed by atoms with E-state index in [0.717, 1.165) is 23.2 Å². The molecule has 0 saturated carbocycles. The molecule has 1 amide bonds. The fourth-order valence-electron chi connectivity index (χ4n) is 3.26. The first-order valence-electron chi connectivity index (χ1n) is 9.55. The molecular formula is C24H21NO4. The maximum Gasteiger partial charge on any atom is 0.349 e. The smallest absolute Gasteiger partial charge is 0.349 e. The van der Waals surface area contributed by atoms with Crippen LogP contribution in [0.25, 0.3) is 0 Å². The molecule has 0 saturated heterocycles. The number of carbonyl (C=O) groups is 2. The normalized spacial score (nSPS) is 12.6. The van der Waals surface area contributed by atoms with E-state index in [-0.39, 0.29) is 12.5 Å². The summed E-state index contributed by atoms with van der Waals surface area (Å²) in [5.74, 6) is 0.620. The van der Waals surface area contributed by atoms with Gasteiger partial charge in [-0.3, -0.25) is 4.79 Å². The van der Waals surface area contributed by atoms with Crippen molar-refractivity contribution in [1.82, 2.24) is 0 Å². The molecule has 5 nitrogen and oxygen atoms in total. The maximum atomic E-state index is 12.1. The average molecular weight is 387 g/mol. The van der Waals surface area contributed by atoms with Crippen LogP contribution in [0, 0.1) is 0 Å². The molecule has 1 aliphatic heterocycles. The minimum atomic E-state index is -0.466. The summed E-state index contributed by atoms with van der Waals surface area (Å²) in [6.07, 6.45) is 1.95. The molecule has 0 spiro atoms. The molecule has 1 N–H and O–H groups in total. The number of carbonyl (C=O) groups excluding carboxylic acids is 2. The first kappa shape index (κ1) is 18.7. The summed E-state index contributed by atoms with van der Waals surface area (Å²) in [5, 5.41) is 2.82. The zero-order chi connectivity index (χ0) is 20.1. The van der Waals surface area contributed by atoms with E-state index in [1.54, 1.807) is 24.3 Å². The molecule has 5 heteroatoms. The first-order chi connectivity index (χ1) is 14.2. The quantitative estimate of drug-likeness (QED) is 0.510. The highest BCUT2D eigenvalue weighted by molar-refractivity contribution is 5.94. The molecule has 1 aliphatic rings. The van der Waals surface area contributed by atoms with Crippen molar-refractivity contribution in [3.63, 3.8) is 0 Å². The number of benzene rings is 3. The molecule has 0 radical (unpaired) electrons. The van der Waals surface area contributed by atoms with Crippen molar-refractivity contribution in [2.45, 2.75) is 19.3 Å². The molecule has 0 unspecified atom stereocenters. The maximum absolute atomic E-state index is 12.1. The van der Waals surface area contributed by atoms with Crippen LogP contribution in [0.1, 0.15) is 23.1 Å². The minimum absolute atomic E-state index is 0.0181. The van der Waals surface area contributed by atoms with Gasteiger partial charge in [0.2, 0.25) is 5.91 Å². The number of hydrogen-bond acceptors (Lipinski definition) is 4. The van der Waals surface area contributed by atoms with E-state index in [0.29, 0.717) is 24.3 Å². The summed E-state index contributed by atoms with van der Waals surface area (Å²) < 4.78 is 10.9. The second-order valence-corrected chi connectivity index (χ2v) is 6.94. The summed E-state index contributed by atoms with van der Waals surface area (Å²) in [7, 11) is 0. The Balaban J connectivity index is 1.29. The van der Waals surface area contributed by atoms with Gasteiger partial charge in [0.1, 0.15) is 11.5 Å². The minimum Gasteiger partial charge on any atom is -0.482 e. The van der Waals surface area contributed by atoms with Gasteiger partial charge in [-0.25, -0.2) is 4.79 Å². The number of aryl methyl sites for hydroxylation is 1. The predicted octanol–water partition coefficient (Wildman–Crippen LogP) is 4.15. The number of fused-ring (bicyclic) bond motifs is 1. The molecule has 0 aromatic heterocycles. The van der Waals surface area contributed by atoms with Crippen LogP contribution in [0.2, 0.25) is 0 Å². The van der Waals surface area contributed by atoms with Crippen LogP contribution >= 0.6 is 0 Å². The second-order valence-electron chi connectivity index (χ2n) is 6.94. The largest absolute Gasteiger partial charge is 0.482 e. The van der Waals surface area contributed by atoms with Crippen molar-refractivity contribution < 1.29 is 19.1 Å². The third-order valence-corrected chi connectivity index (χ3v) is 4.73. The lowest BCUT2D eigenvalue weighted by atomic mass is 10.0. The molecule has 29 heavy (non-hydrogen) atoms. The predicted molar refractivity (Wildman–Crippen MR) is 110 cm³/mol. The third kappa shape index (κ3) is 5.02. The molecule has 146 valence electrons. The summed E-state index contributed by atoms with van der Waals surface area (Å²) in [5.41, 5.74) is 4.18.